The summed E-state index contributed by atoms with van der Waals surface area (Å²) < 4.78 is 12.2. The zero-order chi connectivity index (χ0) is 20.4. The van der Waals surface area contributed by atoms with Gasteiger partial charge in [-0.1, -0.05) is 0 Å². The second kappa shape index (κ2) is 12.6. The number of piperidine rings is 1. The maximum absolute atomic E-state index is 13.1. The van der Waals surface area contributed by atoms with E-state index in [0.717, 1.165) is 54.8 Å². The second-order valence-corrected chi connectivity index (χ2v) is 13.5. The summed E-state index contributed by atoms with van der Waals surface area (Å²) in [5, 5.41) is 13.1. The van der Waals surface area contributed by atoms with Gasteiger partial charge in [0.2, 0.25) is 0 Å². The Labute approximate surface area is 186 Å². The van der Waals surface area contributed by atoms with Crippen molar-refractivity contribution in [1.82, 2.24) is 0 Å². The van der Waals surface area contributed by atoms with E-state index in [1.54, 1.807) is 7.11 Å². The summed E-state index contributed by atoms with van der Waals surface area (Å²) in [6, 6.07) is 10.2. The molecule has 0 bridgehead atoms. The summed E-state index contributed by atoms with van der Waals surface area (Å²) >= 11 is 0.639. The Balaban J connectivity index is 1.73. The standard InChI is InChI=1S/C23H38NO3.In.2H/c1-4-10-22(26-2)23(27-3)14-9-8-11-20-15-17-24(25,18-16-20)19-21-12-6-5-7-13-21;;;/h5-8,12-13,20,22-23H,4,9-11,14-19H2,1-3H3;;;. The molecule has 5 heteroatoms. The van der Waals surface area contributed by atoms with Gasteiger partial charge in [-0.2, -0.15) is 0 Å². The molecule has 3 unspecified atom stereocenters. The van der Waals surface area contributed by atoms with E-state index >= 15 is 0 Å². The van der Waals surface area contributed by atoms with Gasteiger partial charge in [-0.25, -0.2) is 0 Å². The molecule has 1 aromatic carbocycles. The molecule has 0 spiro atoms. The van der Waals surface area contributed by atoms with Crippen LogP contribution in [0.2, 0.25) is 3.67 Å². The summed E-state index contributed by atoms with van der Waals surface area (Å²) in [5.74, 6) is 0.748. The van der Waals surface area contributed by atoms with Crippen LogP contribution >= 0.6 is 0 Å². The first-order valence-corrected chi connectivity index (χ1v) is 14.5. The number of rotatable bonds is 12. The zero-order valence-electron chi connectivity index (χ0n) is 18.4. The van der Waals surface area contributed by atoms with Crippen LogP contribution in [0.3, 0.4) is 0 Å². The fourth-order valence-corrected chi connectivity index (χ4v) is 7.59. The number of methoxy groups -OCH3 is 2. The number of benzene rings is 1. The topological polar surface area (TPSA) is 41.5 Å². The van der Waals surface area contributed by atoms with Gasteiger partial charge in [-0.05, 0) is 0 Å². The molecule has 0 aliphatic carbocycles. The monoisotopic (exact) mass is 493 g/mol. The normalized spacial score (nSPS) is 25.9. The van der Waals surface area contributed by atoms with Gasteiger partial charge in [0.05, 0.1) is 0 Å². The van der Waals surface area contributed by atoms with Crippen LogP contribution in [-0.4, -0.2) is 68.5 Å². The van der Waals surface area contributed by atoms with Crippen molar-refractivity contribution in [3.8, 4) is 0 Å². The fourth-order valence-electron chi connectivity index (χ4n) is 4.73. The van der Waals surface area contributed by atoms with Crippen molar-refractivity contribution in [2.24, 2.45) is 5.92 Å². The quantitative estimate of drug-likeness (QED) is 0.322. The number of ether oxygens (including phenoxy) is 2. The minimum absolute atomic E-state index is 0.0313. The molecule has 1 aliphatic heterocycles. The third-order valence-electron chi connectivity index (χ3n) is 6.48. The van der Waals surface area contributed by atoms with Gasteiger partial charge >= 0.3 is 187 Å². The molecule has 0 amide bonds. The molecule has 0 saturated carbocycles. The van der Waals surface area contributed by atoms with Crippen molar-refractivity contribution in [1.29, 1.82) is 0 Å². The van der Waals surface area contributed by atoms with E-state index in [1.807, 2.05) is 25.3 Å². The second-order valence-electron chi connectivity index (χ2n) is 8.85. The van der Waals surface area contributed by atoms with Crippen LogP contribution in [-0.2, 0) is 16.0 Å². The first kappa shape index (κ1) is 24.2. The zero-order valence-corrected chi connectivity index (χ0v) is 24.1. The summed E-state index contributed by atoms with van der Waals surface area (Å²) in [5.41, 5.74) is 1.17. The Morgan fingerprint density at radius 2 is 1.64 bits per heavy atom. The number of quaternary nitrogens is 1. The Morgan fingerprint density at radius 1 is 1.04 bits per heavy atom. The van der Waals surface area contributed by atoms with Crippen molar-refractivity contribution in [3.63, 3.8) is 0 Å². The molecule has 28 heavy (non-hydrogen) atoms. The summed E-state index contributed by atoms with van der Waals surface area (Å²) in [7, 11) is 3.62. The number of hydrogen-bond acceptors (Lipinski definition) is 3. The van der Waals surface area contributed by atoms with Crippen molar-refractivity contribution in [2.75, 3.05) is 27.3 Å². The van der Waals surface area contributed by atoms with Gasteiger partial charge < -0.3 is 0 Å². The van der Waals surface area contributed by atoms with Crippen molar-refractivity contribution < 1.29 is 14.1 Å². The number of hydrogen-bond donors (Lipinski definition) is 0. The van der Waals surface area contributed by atoms with E-state index < -0.39 is 0 Å². The molecule has 158 valence electrons. The summed E-state index contributed by atoms with van der Waals surface area (Å²) in [6.07, 6.45) is 8.53. The molecule has 4 nitrogen and oxygen atoms in total. The SMILES string of the molecule is CCCC(OC)C(CC[CH]([InH2])CC1CC[N+]([O-])(Cc2ccccc2)CC1)OC. The third kappa shape index (κ3) is 7.98. The number of likely N-dealkylation sites (tertiary alicyclic amines) is 1. The van der Waals surface area contributed by atoms with Crippen molar-refractivity contribution in [3.05, 3.63) is 41.1 Å². The van der Waals surface area contributed by atoms with Gasteiger partial charge in [0.15, 0.2) is 0 Å². The van der Waals surface area contributed by atoms with Crippen LogP contribution < -0.4 is 0 Å². The van der Waals surface area contributed by atoms with Gasteiger partial charge in [-0.15, -0.1) is 0 Å². The molecule has 1 aromatic rings. The maximum atomic E-state index is 13.1. The number of nitrogens with zero attached hydrogens (tertiary/aromatic N) is 1. The molecule has 0 aromatic heterocycles. The van der Waals surface area contributed by atoms with Gasteiger partial charge in [0, 0.05) is 0 Å². The fraction of sp³-hybridized carbons (Fsp3) is 0.739. The molecule has 0 N–H and O–H groups in total. The average molecular weight is 493 g/mol. The van der Waals surface area contributed by atoms with E-state index in [1.165, 1.54) is 18.4 Å². The summed E-state index contributed by atoms with van der Waals surface area (Å²) in [4.78, 5) is 0. The summed E-state index contributed by atoms with van der Waals surface area (Å²) in [6.45, 7) is 4.40. The van der Waals surface area contributed by atoms with Crippen LogP contribution in [0, 0.1) is 11.1 Å². The van der Waals surface area contributed by atoms with Crippen LogP contribution in [0.15, 0.2) is 30.3 Å². The average Bonchev–Trinajstić information content (AvgIpc) is 2.70. The van der Waals surface area contributed by atoms with Crippen LogP contribution in [0.25, 0.3) is 0 Å². The van der Waals surface area contributed by atoms with Crippen molar-refractivity contribution in [2.45, 2.75) is 74.3 Å². The molecule has 0 radical (unpaired) electrons. The van der Waals surface area contributed by atoms with Gasteiger partial charge in [0.1, 0.15) is 0 Å². The Hall–Kier alpha value is -0.0699. The Bertz CT molecular complexity index is 534. The van der Waals surface area contributed by atoms with Gasteiger partial charge in [-0.3, -0.25) is 0 Å². The molecular formula is C23H40InNO3. The first-order valence-electron chi connectivity index (χ1n) is 11.2. The predicted octanol–water partition coefficient (Wildman–Crippen LogP) is 4.33. The predicted molar refractivity (Wildman–Crippen MR) is 119 cm³/mol. The molecule has 2 rings (SSSR count). The molecule has 1 fully saturated rings. The molecule has 3 atom stereocenters. The molecule has 1 heterocycles. The van der Waals surface area contributed by atoms with Crippen molar-refractivity contribution >= 4 is 24.4 Å². The molecular weight excluding hydrogens is 453 g/mol. The minimum atomic E-state index is -0.0313. The van der Waals surface area contributed by atoms with E-state index in [0.29, 0.717) is 30.9 Å². The third-order valence-corrected chi connectivity index (χ3v) is 9.47. The molecule has 1 aliphatic rings. The Kier molecular flexibility index (Phi) is 10.9. The van der Waals surface area contributed by atoms with Crippen LogP contribution in [0.1, 0.15) is 57.4 Å². The van der Waals surface area contributed by atoms with E-state index in [9.17, 15) is 5.21 Å². The van der Waals surface area contributed by atoms with Crippen LogP contribution in [0.5, 0.6) is 0 Å². The molecule has 1 saturated heterocycles. The number of hydroxylamine groups is 3. The first-order chi connectivity index (χ1) is 13.5. The van der Waals surface area contributed by atoms with E-state index in [4.69, 9.17) is 9.47 Å². The van der Waals surface area contributed by atoms with E-state index in [2.05, 4.69) is 19.1 Å². The van der Waals surface area contributed by atoms with Gasteiger partial charge in [0.25, 0.3) is 0 Å². The van der Waals surface area contributed by atoms with Crippen LogP contribution in [0.4, 0.5) is 0 Å². The van der Waals surface area contributed by atoms with E-state index in [-0.39, 0.29) is 16.9 Å². The Morgan fingerprint density at radius 3 is 2.21 bits per heavy atom.